The minimum atomic E-state index is 0. The predicted molar refractivity (Wildman–Crippen MR) is 152 cm³/mol. The fraction of sp³-hybridized carbons (Fsp3) is 0.462. The van der Waals surface area contributed by atoms with Crippen LogP contribution in [0.5, 0.6) is 0 Å². The summed E-state index contributed by atoms with van der Waals surface area (Å²) in [4.78, 5) is 23.7. The molecule has 1 fully saturated rings. The third kappa shape index (κ3) is 7.81. The Morgan fingerprint density at radius 3 is 2.60 bits per heavy atom. The van der Waals surface area contributed by atoms with E-state index >= 15 is 0 Å². The van der Waals surface area contributed by atoms with Gasteiger partial charge in [-0.25, -0.2) is 4.98 Å². The molecule has 0 aliphatic carbocycles. The lowest BCUT2D eigenvalue weighted by Crippen LogP contribution is -2.39. The number of aromatic nitrogens is 1. The van der Waals surface area contributed by atoms with E-state index < -0.39 is 0 Å². The van der Waals surface area contributed by atoms with Crippen LogP contribution >= 0.6 is 47.1 Å². The van der Waals surface area contributed by atoms with Crippen LogP contribution in [-0.2, 0) is 9.53 Å². The Kier molecular flexibility index (Phi) is 11.1. The number of hydrogen-bond donors (Lipinski definition) is 0. The van der Waals surface area contributed by atoms with E-state index in [1.807, 2.05) is 24.0 Å². The summed E-state index contributed by atoms with van der Waals surface area (Å²) in [7, 11) is 0. The van der Waals surface area contributed by atoms with Crippen molar-refractivity contribution >= 4 is 68.4 Å². The number of hydrogen-bond acceptors (Lipinski definition) is 6. The molecule has 0 N–H and O–H groups in total. The number of benzene rings is 2. The number of fused-ring (bicyclic) bond motifs is 1. The largest absolute Gasteiger partial charge is 0.379 e. The van der Waals surface area contributed by atoms with E-state index in [-0.39, 0.29) is 18.3 Å². The summed E-state index contributed by atoms with van der Waals surface area (Å²) in [6.07, 6.45) is 2.26. The number of anilines is 1. The van der Waals surface area contributed by atoms with Crippen LogP contribution in [0.15, 0.2) is 41.3 Å². The van der Waals surface area contributed by atoms with Crippen LogP contribution in [0.3, 0.4) is 0 Å². The lowest BCUT2D eigenvalue weighted by atomic mass is 10.2. The molecule has 2 aromatic carbocycles. The average Bonchev–Trinajstić information content (AvgIpc) is 3.30. The quantitative estimate of drug-likeness (QED) is 0.208. The number of nitrogens with zero attached hydrogens (tertiary/aromatic N) is 3. The fourth-order valence-corrected chi connectivity index (χ4v) is 6.21. The van der Waals surface area contributed by atoms with Crippen LogP contribution in [0.1, 0.15) is 30.4 Å². The number of carbonyl (C=O) groups is 1. The number of amides is 1. The van der Waals surface area contributed by atoms with E-state index in [9.17, 15) is 4.79 Å². The molecule has 0 bridgehead atoms. The van der Waals surface area contributed by atoms with Crippen LogP contribution in [-0.4, -0.2) is 60.9 Å². The van der Waals surface area contributed by atoms with Crippen molar-refractivity contribution in [2.45, 2.75) is 38.0 Å². The van der Waals surface area contributed by atoms with Gasteiger partial charge in [0.25, 0.3) is 0 Å². The van der Waals surface area contributed by atoms with E-state index in [2.05, 4.69) is 36.1 Å². The monoisotopic (exact) mass is 553 g/mol. The molecular formula is C26H33Cl2N3O2S2. The van der Waals surface area contributed by atoms with Gasteiger partial charge in [0.1, 0.15) is 0 Å². The van der Waals surface area contributed by atoms with Crippen molar-refractivity contribution in [2.24, 2.45) is 0 Å². The van der Waals surface area contributed by atoms with Gasteiger partial charge in [0, 0.05) is 37.5 Å². The Morgan fingerprint density at radius 1 is 1.14 bits per heavy atom. The summed E-state index contributed by atoms with van der Waals surface area (Å²) in [5, 5.41) is 1.45. The highest BCUT2D eigenvalue weighted by atomic mass is 35.5. The second-order valence-electron chi connectivity index (χ2n) is 8.66. The Morgan fingerprint density at radius 2 is 1.89 bits per heavy atom. The number of halogens is 2. The number of morpholine rings is 1. The molecule has 0 saturated carbocycles. The maximum absolute atomic E-state index is 13.3. The SMILES string of the molecule is Cc1ccc(SCCCC(=O)N(CCCN2CCOCC2)c2nc3c(C)ccc(Cl)c3s2)cc1.Cl. The Balaban J connectivity index is 0.00000342. The molecule has 1 amide bonds. The summed E-state index contributed by atoms with van der Waals surface area (Å²) in [5.41, 5.74) is 3.24. The zero-order valence-corrected chi connectivity index (χ0v) is 23.5. The van der Waals surface area contributed by atoms with Crippen molar-refractivity contribution in [1.82, 2.24) is 9.88 Å². The Bertz CT molecular complexity index is 1060. The zero-order chi connectivity index (χ0) is 23.9. The van der Waals surface area contributed by atoms with E-state index in [4.69, 9.17) is 21.3 Å². The van der Waals surface area contributed by atoms with Crippen LogP contribution in [0, 0.1) is 13.8 Å². The van der Waals surface area contributed by atoms with Crippen molar-refractivity contribution in [1.29, 1.82) is 0 Å². The first kappa shape index (κ1) is 28.2. The molecule has 190 valence electrons. The van der Waals surface area contributed by atoms with Crippen LogP contribution in [0.25, 0.3) is 10.2 Å². The number of thioether (sulfide) groups is 1. The first-order chi connectivity index (χ1) is 16.5. The molecule has 1 aromatic heterocycles. The van der Waals surface area contributed by atoms with Gasteiger partial charge >= 0.3 is 0 Å². The van der Waals surface area contributed by atoms with Crippen LogP contribution < -0.4 is 4.90 Å². The molecule has 5 nitrogen and oxygen atoms in total. The van der Waals surface area contributed by atoms with Gasteiger partial charge in [-0.15, -0.1) is 24.2 Å². The molecule has 0 radical (unpaired) electrons. The van der Waals surface area contributed by atoms with Crippen molar-refractivity contribution in [3.63, 3.8) is 0 Å². The molecule has 1 aliphatic rings. The van der Waals surface area contributed by atoms with Crippen molar-refractivity contribution < 1.29 is 9.53 Å². The van der Waals surface area contributed by atoms with E-state index in [1.165, 1.54) is 21.8 Å². The Labute approximate surface area is 227 Å². The first-order valence-electron chi connectivity index (χ1n) is 11.9. The highest BCUT2D eigenvalue weighted by molar-refractivity contribution is 7.99. The lowest BCUT2D eigenvalue weighted by Gasteiger charge is -2.27. The highest BCUT2D eigenvalue weighted by Gasteiger charge is 2.21. The minimum Gasteiger partial charge on any atom is -0.379 e. The van der Waals surface area contributed by atoms with Gasteiger partial charge in [-0.3, -0.25) is 14.6 Å². The Hall–Kier alpha value is -1.35. The van der Waals surface area contributed by atoms with Crippen LogP contribution in [0.4, 0.5) is 5.13 Å². The summed E-state index contributed by atoms with van der Waals surface area (Å²) in [5.74, 6) is 1.06. The zero-order valence-electron chi connectivity index (χ0n) is 20.3. The van der Waals surface area contributed by atoms with Gasteiger partial charge in [-0.05, 0) is 56.2 Å². The van der Waals surface area contributed by atoms with Crippen LogP contribution in [0.2, 0.25) is 5.02 Å². The second kappa shape index (κ2) is 13.8. The summed E-state index contributed by atoms with van der Waals surface area (Å²) < 4.78 is 6.41. The highest BCUT2D eigenvalue weighted by Crippen LogP contribution is 2.36. The number of rotatable bonds is 10. The second-order valence-corrected chi connectivity index (χ2v) is 11.2. The number of carbonyl (C=O) groups excluding carboxylic acids is 1. The van der Waals surface area contributed by atoms with Crippen molar-refractivity contribution in [2.75, 3.05) is 50.0 Å². The predicted octanol–water partition coefficient (Wildman–Crippen LogP) is 6.62. The number of aryl methyl sites for hydroxylation is 2. The topological polar surface area (TPSA) is 45.7 Å². The maximum atomic E-state index is 13.3. The van der Waals surface area contributed by atoms with Gasteiger partial charge in [0.05, 0.1) is 28.5 Å². The smallest absolute Gasteiger partial charge is 0.228 e. The number of thiazole rings is 1. The molecule has 2 heterocycles. The molecule has 1 aliphatic heterocycles. The third-order valence-electron chi connectivity index (χ3n) is 6.00. The van der Waals surface area contributed by atoms with Crippen molar-refractivity contribution in [3.8, 4) is 0 Å². The molecule has 9 heteroatoms. The lowest BCUT2D eigenvalue weighted by molar-refractivity contribution is -0.118. The first-order valence-corrected chi connectivity index (χ1v) is 14.0. The summed E-state index contributed by atoms with van der Waals surface area (Å²) in [6.45, 7) is 9.25. The normalized spacial score (nSPS) is 14.1. The summed E-state index contributed by atoms with van der Waals surface area (Å²) in [6, 6.07) is 12.4. The molecule has 3 aromatic rings. The molecule has 35 heavy (non-hydrogen) atoms. The molecule has 0 unspecified atom stereocenters. The van der Waals surface area contributed by atoms with Gasteiger partial charge in [-0.1, -0.05) is 46.7 Å². The minimum absolute atomic E-state index is 0. The van der Waals surface area contributed by atoms with Crippen molar-refractivity contribution in [3.05, 3.63) is 52.5 Å². The summed E-state index contributed by atoms with van der Waals surface area (Å²) >= 11 is 9.77. The van der Waals surface area contributed by atoms with E-state index in [0.29, 0.717) is 18.0 Å². The maximum Gasteiger partial charge on any atom is 0.228 e. The van der Waals surface area contributed by atoms with Gasteiger partial charge in [-0.2, -0.15) is 0 Å². The van der Waals surface area contributed by atoms with Gasteiger partial charge < -0.3 is 4.74 Å². The molecule has 1 saturated heterocycles. The molecule has 0 atom stereocenters. The molecule has 0 spiro atoms. The third-order valence-corrected chi connectivity index (χ3v) is 8.64. The van der Waals surface area contributed by atoms with E-state index in [1.54, 1.807) is 11.8 Å². The number of ether oxygens (including phenoxy) is 1. The van der Waals surface area contributed by atoms with Gasteiger partial charge in [0.2, 0.25) is 5.91 Å². The molecule has 4 rings (SSSR count). The molecular weight excluding hydrogens is 521 g/mol. The van der Waals surface area contributed by atoms with Gasteiger partial charge in [0.15, 0.2) is 5.13 Å². The van der Waals surface area contributed by atoms with E-state index in [0.717, 1.165) is 72.4 Å². The average molecular weight is 555 g/mol. The fourth-order valence-electron chi connectivity index (χ4n) is 3.99. The standard InChI is InChI=1S/C26H32ClN3O2S2.ClH/c1-19-6-9-21(10-7-19)33-18-3-5-23(31)30(13-4-12-29-14-16-32-17-15-29)26-28-24-20(2)8-11-22(27)25(24)34-26;/h6-11H,3-5,12-18H2,1-2H3;1H.